The fraction of sp³-hybridized carbons (Fsp3) is 0.556. The lowest BCUT2D eigenvalue weighted by atomic mass is 9.92. The predicted octanol–water partition coefficient (Wildman–Crippen LogP) is 4.10. The van der Waals surface area contributed by atoms with Crippen molar-refractivity contribution in [3.8, 4) is 0 Å². The van der Waals surface area contributed by atoms with E-state index in [-0.39, 0.29) is 19.6 Å². The Hall–Kier alpha value is -2.25. The molecule has 0 saturated carbocycles. The van der Waals surface area contributed by atoms with Crippen molar-refractivity contribution in [1.29, 1.82) is 0 Å². The summed E-state index contributed by atoms with van der Waals surface area (Å²) in [5.41, 5.74) is -1.80. The van der Waals surface area contributed by atoms with Gasteiger partial charge in [-0.05, 0) is 38.0 Å². The fourth-order valence-electron chi connectivity index (χ4n) is 2.25. The number of unbranched alkanes of at least 4 members (excludes halogenated alkanes) is 1. The quantitative estimate of drug-likeness (QED) is 0.549. The van der Waals surface area contributed by atoms with Gasteiger partial charge < -0.3 is 14.8 Å². The second kappa shape index (κ2) is 9.45. The lowest BCUT2D eigenvalue weighted by Crippen LogP contribution is -2.54. The van der Waals surface area contributed by atoms with Gasteiger partial charge in [-0.15, -0.1) is 0 Å². The Bertz CT molecular complexity index is 601. The molecule has 5 nitrogen and oxygen atoms in total. The average molecular weight is 375 g/mol. The zero-order chi connectivity index (χ0) is 19.8. The number of nitrogens with one attached hydrogen (secondary N) is 1. The molecule has 1 unspecified atom stereocenters. The van der Waals surface area contributed by atoms with Gasteiger partial charge >= 0.3 is 18.2 Å². The summed E-state index contributed by atoms with van der Waals surface area (Å²) in [7, 11) is 0. The van der Waals surface area contributed by atoms with E-state index >= 15 is 0 Å². The summed E-state index contributed by atoms with van der Waals surface area (Å²) in [4.78, 5) is 24.2. The first-order chi connectivity index (χ1) is 12.1. The third kappa shape index (κ3) is 6.57. The van der Waals surface area contributed by atoms with E-state index in [0.29, 0.717) is 12.0 Å². The van der Waals surface area contributed by atoms with Crippen molar-refractivity contribution in [3.63, 3.8) is 0 Å². The van der Waals surface area contributed by atoms with Crippen LogP contribution in [0.25, 0.3) is 0 Å². The van der Waals surface area contributed by atoms with Crippen molar-refractivity contribution in [1.82, 2.24) is 5.32 Å². The van der Waals surface area contributed by atoms with Crippen LogP contribution >= 0.6 is 0 Å². The molecule has 0 aliphatic heterocycles. The topological polar surface area (TPSA) is 64.6 Å². The first kappa shape index (κ1) is 21.8. The van der Waals surface area contributed by atoms with Gasteiger partial charge in [0, 0.05) is 6.42 Å². The van der Waals surface area contributed by atoms with Gasteiger partial charge in [-0.2, -0.15) is 13.2 Å². The standard InChI is InChI=1S/C18H24F3NO4/c1-4-6-11-26-16(24)22-17(3,15(23)25-5-2)12-13-7-9-14(10-8-13)18(19,20)21/h7-10H,4-6,11-12H2,1-3H3,(H,22,24). The number of halogens is 3. The molecule has 1 aromatic rings. The van der Waals surface area contributed by atoms with Gasteiger partial charge in [0.15, 0.2) is 0 Å². The summed E-state index contributed by atoms with van der Waals surface area (Å²) in [6.07, 6.45) is -3.73. The Kier molecular flexibility index (Phi) is 7.92. The third-order valence-corrected chi connectivity index (χ3v) is 3.67. The van der Waals surface area contributed by atoms with Gasteiger partial charge in [0.25, 0.3) is 0 Å². The van der Waals surface area contributed by atoms with Crippen molar-refractivity contribution in [2.24, 2.45) is 0 Å². The Morgan fingerprint density at radius 1 is 1.08 bits per heavy atom. The molecule has 0 radical (unpaired) electrons. The molecule has 0 fully saturated rings. The molecule has 0 aliphatic carbocycles. The lowest BCUT2D eigenvalue weighted by molar-refractivity contribution is -0.150. The molecule has 1 amide bonds. The molecule has 0 saturated heterocycles. The van der Waals surface area contributed by atoms with Gasteiger partial charge in [-0.25, -0.2) is 9.59 Å². The number of hydrogen-bond acceptors (Lipinski definition) is 4. The van der Waals surface area contributed by atoms with Crippen molar-refractivity contribution in [3.05, 3.63) is 35.4 Å². The van der Waals surface area contributed by atoms with Crippen LogP contribution in [0.3, 0.4) is 0 Å². The highest BCUT2D eigenvalue weighted by atomic mass is 19.4. The van der Waals surface area contributed by atoms with E-state index in [1.165, 1.54) is 19.1 Å². The number of hydrogen-bond donors (Lipinski definition) is 1. The summed E-state index contributed by atoms with van der Waals surface area (Å²) >= 11 is 0. The van der Waals surface area contributed by atoms with E-state index < -0.39 is 29.3 Å². The van der Waals surface area contributed by atoms with Crippen molar-refractivity contribution >= 4 is 12.1 Å². The zero-order valence-corrected chi connectivity index (χ0v) is 15.1. The minimum Gasteiger partial charge on any atom is -0.464 e. The minimum absolute atomic E-state index is 0.0349. The summed E-state index contributed by atoms with van der Waals surface area (Å²) in [5.74, 6) is -0.688. The number of ether oxygens (including phenoxy) is 2. The van der Waals surface area contributed by atoms with Crippen molar-refractivity contribution in [2.75, 3.05) is 13.2 Å². The summed E-state index contributed by atoms with van der Waals surface area (Å²) < 4.78 is 48.0. The number of alkyl carbamates (subject to hydrolysis) is 1. The Morgan fingerprint density at radius 2 is 1.69 bits per heavy atom. The number of rotatable bonds is 8. The second-order valence-electron chi connectivity index (χ2n) is 6.04. The molecule has 1 atom stereocenters. The van der Waals surface area contributed by atoms with E-state index in [9.17, 15) is 22.8 Å². The SMILES string of the molecule is CCCCOC(=O)NC(C)(Cc1ccc(C(F)(F)F)cc1)C(=O)OCC. The molecule has 0 bridgehead atoms. The smallest absolute Gasteiger partial charge is 0.416 e. The molecule has 146 valence electrons. The van der Waals surface area contributed by atoms with Crippen LogP contribution in [-0.4, -0.2) is 30.8 Å². The highest BCUT2D eigenvalue weighted by molar-refractivity contribution is 5.85. The number of alkyl halides is 3. The molecule has 1 N–H and O–H groups in total. The third-order valence-electron chi connectivity index (χ3n) is 3.67. The van der Waals surface area contributed by atoms with E-state index in [0.717, 1.165) is 18.6 Å². The minimum atomic E-state index is -4.44. The number of carbonyl (C=O) groups excluding carboxylic acids is 2. The number of carbonyl (C=O) groups is 2. The normalized spacial score (nSPS) is 13.6. The monoisotopic (exact) mass is 375 g/mol. The van der Waals surface area contributed by atoms with E-state index in [4.69, 9.17) is 9.47 Å². The first-order valence-corrected chi connectivity index (χ1v) is 8.40. The number of amides is 1. The molecular weight excluding hydrogens is 351 g/mol. The molecule has 8 heteroatoms. The van der Waals surface area contributed by atoms with Gasteiger partial charge in [0.05, 0.1) is 18.8 Å². The van der Waals surface area contributed by atoms with Gasteiger partial charge in [-0.1, -0.05) is 25.5 Å². The molecule has 1 rings (SSSR count). The van der Waals surface area contributed by atoms with E-state index in [1.54, 1.807) is 6.92 Å². The highest BCUT2D eigenvalue weighted by Gasteiger charge is 2.38. The van der Waals surface area contributed by atoms with E-state index in [1.807, 2.05) is 6.92 Å². The predicted molar refractivity (Wildman–Crippen MR) is 89.6 cm³/mol. The average Bonchev–Trinajstić information content (AvgIpc) is 2.54. The first-order valence-electron chi connectivity index (χ1n) is 8.40. The fourth-order valence-corrected chi connectivity index (χ4v) is 2.25. The van der Waals surface area contributed by atoms with Crippen LogP contribution < -0.4 is 5.32 Å². The Morgan fingerprint density at radius 3 is 2.19 bits per heavy atom. The van der Waals surface area contributed by atoms with Crippen molar-refractivity contribution < 1.29 is 32.2 Å². The maximum absolute atomic E-state index is 12.7. The summed E-state index contributed by atoms with van der Waals surface area (Å²) in [6, 6.07) is 4.40. The van der Waals surface area contributed by atoms with Crippen LogP contribution in [0.1, 0.15) is 44.7 Å². The molecule has 26 heavy (non-hydrogen) atoms. The summed E-state index contributed by atoms with van der Waals surface area (Å²) in [5, 5.41) is 2.47. The maximum atomic E-state index is 12.7. The van der Waals surface area contributed by atoms with Gasteiger partial charge in [-0.3, -0.25) is 0 Å². The van der Waals surface area contributed by atoms with Gasteiger partial charge in [0.2, 0.25) is 0 Å². The van der Waals surface area contributed by atoms with Crippen LogP contribution in [0, 0.1) is 0 Å². The Balaban J connectivity index is 2.91. The second-order valence-corrected chi connectivity index (χ2v) is 6.04. The molecule has 1 aromatic carbocycles. The largest absolute Gasteiger partial charge is 0.464 e. The molecule has 0 aliphatic rings. The molecule has 0 aromatic heterocycles. The van der Waals surface area contributed by atoms with Crippen LogP contribution in [0.4, 0.5) is 18.0 Å². The van der Waals surface area contributed by atoms with E-state index in [2.05, 4.69) is 5.32 Å². The zero-order valence-electron chi connectivity index (χ0n) is 15.1. The summed E-state index contributed by atoms with van der Waals surface area (Å²) in [6.45, 7) is 5.32. The maximum Gasteiger partial charge on any atom is 0.416 e. The highest BCUT2D eigenvalue weighted by Crippen LogP contribution is 2.29. The van der Waals surface area contributed by atoms with Gasteiger partial charge in [0.1, 0.15) is 5.54 Å². The molecular formula is C18H24F3NO4. The molecule has 0 heterocycles. The van der Waals surface area contributed by atoms with Crippen LogP contribution in [0.15, 0.2) is 24.3 Å². The van der Waals surface area contributed by atoms with Crippen molar-refractivity contribution in [2.45, 2.75) is 51.7 Å². The Labute approximate surface area is 150 Å². The number of benzene rings is 1. The van der Waals surface area contributed by atoms with Crippen LogP contribution in [0.2, 0.25) is 0 Å². The lowest BCUT2D eigenvalue weighted by Gasteiger charge is -2.28. The number of esters is 1. The van der Waals surface area contributed by atoms with Crippen LogP contribution in [0.5, 0.6) is 0 Å². The van der Waals surface area contributed by atoms with Crippen LogP contribution in [-0.2, 0) is 26.9 Å². The molecule has 0 spiro atoms.